The lowest BCUT2D eigenvalue weighted by Gasteiger charge is -2.58. The fraction of sp³-hybridized carbons (Fsp3) is 0.786. The second kappa shape index (κ2) is 8.15. The Kier molecular flexibility index (Phi) is 6.03. The maximum atomic E-state index is 10.2. The molecule has 8 atom stereocenters. The summed E-state index contributed by atoms with van der Waals surface area (Å²) in [7, 11) is 0. The fourth-order valence-electron chi connectivity index (χ4n) is 8.50. The first-order valence-electron chi connectivity index (χ1n) is 12.6. The van der Waals surface area contributed by atoms with Crippen LogP contribution >= 0.6 is 0 Å². The first-order chi connectivity index (χ1) is 14.2. The van der Waals surface area contributed by atoms with Crippen LogP contribution in [-0.4, -0.2) is 16.3 Å². The monoisotopic (exact) mass is 412 g/mol. The van der Waals surface area contributed by atoms with Crippen LogP contribution in [0.3, 0.4) is 0 Å². The first kappa shape index (κ1) is 22.2. The van der Waals surface area contributed by atoms with E-state index >= 15 is 0 Å². The number of aliphatic hydroxyl groups excluding tert-OH is 2. The summed E-state index contributed by atoms with van der Waals surface area (Å²) >= 11 is 0. The topological polar surface area (TPSA) is 40.5 Å². The van der Waals surface area contributed by atoms with Crippen molar-refractivity contribution in [2.24, 2.45) is 40.4 Å². The van der Waals surface area contributed by atoms with Crippen molar-refractivity contribution in [2.75, 3.05) is 0 Å². The quantitative estimate of drug-likeness (QED) is 0.281. The van der Waals surface area contributed by atoms with Crippen molar-refractivity contribution in [3.8, 4) is 0 Å². The van der Waals surface area contributed by atoms with E-state index in [9.17, 15) is 10.2 Å². The van der Waals surface area contributed by atoms with Crippen molar-refractivity contribution in [1.82, 2.24) is 0 Å². The zero-order chi connectivity index (χ0) is 21.7. The Labute approximate surface area is 184 Å². The number of aliphatic hydroxyl groups is 2. The van der Waals surface area contributed by atoms with Crippen LogP contribution in [0.1, 0.15) is 91.9 Å². The molecule has 4 aliphatic carbocycles. The van der Waals surface area contributed by atoms with Gasteiger partial charge in [-0.25, -0.2) is 0 Å². The van der Waals surface area contributed by atoms with Gasteiger partial charge in [0, 0.05) is 0 Å². The standard InChI is InChI=1S/C28H44O2/c1-18(20(3)29)7-6-8-19(2)24-11-12-25-23-10-9-21-17-22(30)13-15-27(21,4)26(23)14-16-28(24,25)5/h7,9,19,22-26,29-30H,3,6,8,10-17H2,1-2,4-5H3/b18-7+. The SMILES string of the molecule is C=C(O)/C(C)=C/CCC(C)C1CCC2C3CC=C4CC(O)CCC4(C)C3CCC12C. The minimum Gasteiger partial charge on any atom is -0.508 e. The van der Waals surface area contributed by atoms with Gasteiger partial charge in [-0.2, -0.15) is 0 Å². The second-order valence-electron chi connectivity index (χ2n) is 11.8. The van der Waals surface area contributed by atoms with Gasteiger partial charge >= 0.3 is 0 Å². The molecule has 0 amide bonds. The van der Waals surface area contributed by atoms with Crippen LogP contribution in [0, 0.1) is 40.4 Å². The molecular formula is C28H44O2. The van der Waals surface area contributed by atoms with E-state index in [4.69, 9.17) is 0 Å². The summed E-state index contributed by atoms with van der Waals surface area (Å²) in [6.07, 6.45) is 16.8. The molecule has 3 saturated carbocycles. The Morgan fingerprint density at radius 1 is 1.20 bits per heavy atom. The molecule has 0 aromatic rings. The minimum absolute atomic E-state index is 0.105. The lowest BCUT2D eigenvalue weighted by molar-refractivity contribution is -0.0571. The zero-order valence-corrected chi connectivity index (χ0v) is 19.8. The van der Waals surface area contributed by atoms with Crippen molar-refractivity contribution in [3.05, 3.63) is 35.6 Å². The maximum Gasteiger partial charge on any atom is 0.110 e. The van der Waals surface area contributed by atoms with Crippen molar-refractivity contribution in [2.45, 2.75) is 98.0 Å². The summed E-state index contributed by atoms with van der Waals surface area (Å²) in [6.45, 7) is 13.2. The summed E-state index contributed by atoms with van der Waals surface area (Å²) in [6, 6.07) is 0. The third-order valence-corrected chi connectivity index (χ3v) is 10.4. The highest BCUT2D eigenvalue weighted by Crippen LogP contribution is 2.67. The van der Waals surface area contributed by atoms with Gasteiger partial charge < -0.3 is 10.2 Å². The Hall–Kier alpha value is -1.02. The smallest absolute Gasteiger partial charge is 0.110 e. The Morgan fingerprint density at radius 2 is 1.97 bits per heavy atom. The fourth-order valence-corrected chi connectivity index (χ4v) is 8.50. The zero-order valence-electron chi connectivity index (χ0n) is 19.8. The molecule has 4 aliphatic rings. The van der Waals surface area contributed by atoms with Crippen LogP contribution < -0.4 is 0 Å². The first-order valence-corrected chi connectivity index (χ1v) is 12.6. The third-order valence-electron chi connectivity index (χ3n) is 10.4. The van der Waals surface area contributed by atoms with Gasteiger partial charge in [0.15, 0.2) is 0 Å². The van der Waals surface area contributed by atoms with Crippen molar-refractivity contribution < 1.29 is 10.2 Å². The third kappa shape index (κ3) is 3.61. The highest BCUT2D eigenvalue weighted by atomic mass is 16.3. The van der Waals surface area contributed by atoms with Gasteiger partial charge in [-0.05, 0) is 117 Å². The van der Waals surface area contributed by atoms with Crippen molar-refractivity contribution in [1.29, 1.82) is 0 Å². The number of fused-ring (bicyclic) bond motifs is 5. The molecular weight excluding hydrogens is 368 g/mol. The van der Waals surface area contributed by atoms with Crippen molar-refractivity contribution in [3.63, 3.8) is 0 Å². The second-order valence-corrected chi connectivity index (χ2v) is 11.8. The van der Waals surface area contributed by atoms with E-state index in [-0.39, 0.29) is 11.9 Å². The van der Waals surface area contributed by atoms with Gasteiger partial charge in [-0.15, -0.1) is 0 Å². The molecule has 0 heterocycles. The summed E-state index contributed by atoms with van der Waals surface area (Å²) < 4.78 is 0. The van der Waals surface area contributed by atoms with Crippen molar-refractivity contribution >= 4 is 0 Å². The van der Waals surface area contributed by atoms with Gasteiger partial charge in [-0.3, -0.25) is 0 Å². The average Bonchev–Trinajstić information content (AvgIpc) is 3.05. The van der Waals surface area contributed by atoms with E-state index in [2.05, 4.69) is 39.5 Å². The molecule has 4 rings (SSSR count). The van der Waals surface area contributed by atoms with Crippen LogP contribution in [0.4, 0.5) is 0 Å². The number of hydrogen-bond donors (Lipinski definition) is 2. The van der Waals surface area contributed by atoms with Crippen LogP contribution in [0.5, 0.6) is 0 Å². The maximum absolute atomic E-state index is 10.2. The van der Waals surface area contributed by atoms with Crippen LogP contribution in [0.15, 0.2) is 35.6 Å². The minimum atomic E-state index is -0.105. The lowest BCUT2D eigenvalue weighted by Crippen LogP contribution is -2.50. The molecule has 0 bridgehead atoms. The molecule has 168 valence electrons. The summed E-state index contributed by atoms with van der Waals surface area (Å²) in [5, 5.41) is 19.8. The molecule has 2 heteroatoms. The highest BCUT2D eigenvalue weighted by Gasteiger charge is 2.59. The Balaban J connectivity index is 1.47. The average molecular weight is 413 g/mol. The predicted molar refractivity (Wildman–Crippen MR) is 125 cm³/mol. The normalized spacial score (nSPS) is 44.5. The van der Waals surface area contributed by atoms with E-state index in [1.165, 1.54) is 44.9 Å². The van der Waals surface area contributed by atoms with E-state index in [0.717, 1.165) is 54.4 Å². The molecule has 0 radical (unpaired) electrons. The molecule has 0 aromatic heterocycles. The molecule has 2 nitrogen and oxygen atoms in total. The van der Waals surface area contributed by atoms with Crippen LogP contribution in [0.25, 0.3) is 0 Å². The molecule has 0 spiro atoms. The molecule has 2 N–H and O–H groups in total. The summed E-state index contributed by atoms with van der Waals surface area (Å²) in [5.74, 6) is 4.34. The van der Waals surface area contributed by atoms with Gasteiger partial charge in [0.05, 0.1) is 6.10 Å². The molecule has 8 unspecified atom stereocenters. The predicted octanol–water partition coefficient (Wildman–Crippen LogP) is 7.36. The van der Waals surface area contributed by atoms with Gasteiger partial charge in [0.25, 0.3) is 0 Å². The highest BCUT2D eigenvalue weighted by molar-refractivity contribution is 5.25. The number of allylic oxidation sites excluding steroid dienone is 3. The largest absolute Gasteiger partial charge is 0.508 e. The number of rotatable bonds is 5. The summed E-state index contributed by atoms with van der Waals surface area (Å²) in [5.41, 5.74) is 3.35. The van der Waals surface area contributed by atoms with Crippen LogP contribution in [-0.2, 0) is 0 Å². The molecule has 0 aliphatic heterocycles. The molecule has 0 saturated heterocycles. The van der Waals surface area contributed by atoms with Gasteiger partial charge in [-0.1, -0.05) is 45.1 Å². The molecule has 3 fully saturated rings. The Bertz CT molecular complexity index is 733. The van der Waals surface area contributed by atoms with Gasteiger partial charge in [0.2, 0.25) is 0 Å². The Morgan fingerprint density at radius 3 is 2.70 bits per heavy atom. The van der Waals surface area contributed by atoms with E-state index in [0.29, 0.717) is 10.8 Å². The van der Waals surface area contributed by atoms with Gasteiger partial charge in [0.1, 0.15) is 5.76 Å². The summed E-state index contributed by atoms with van der Waals surface area (Å²) in [4.78, 5) is 0. The molecule has 30 heavy (non-hydrogen) atoms. The van der Waals surface area contributed by atoms with E-state index < -0.39 is 0 Å². The van der Waals surface area contributed by atoms with Crippen LogP contribution in [0.2, 0.25) is 0 Å². The van der Waals surface area contributed by atoms with E-state index in [1.54, 1.807) is 5.57 Å². The lowest BCUT2D eigenvalue weighted by atomic mass is 9.47. The van der Waals surface area contributed by atoms with E-state index in [1.807, 2.05) is 6.92 Å². The number of hydrogen-bond acceptors (Lipinski definition) is 2. The molecule has 0 aromatic carbocycles.